The van der Waals surface area contributed by atoms with Gasteiger partial charge in [0, 0.05) is 37.8 Å². The predicted molar refractivity (Wildman–Crippen MR) is 184 cm³/mol. The van der Waals surface area contributed by atoms with Crippen molar-refractivity contribution in [3.63, 3.8) is 0 Å². The molecule has 2 aromatic rings. The number of likely N-dealkylation sites (N-methyl/N-ethyl adjacent to an activating group) is 1. The lowest BCUT2D eigenvalue weighted by molar-refractivity contribution is -0.277. The number of primary amides is 1. The number of ketones is 4. The molecule has 3 aliphatic carbocycles. The summed E-state index contributed by atoms with van der Waals surface area (Å²) in [6, 6.07) is 6.95. The molecule has 11 unspecified atom stereocenters. The van der Waals surface area contributed by atoms with Crippen LogP contribution in [-0.2, 0) is 36.9 Å². The van der Waals surface area contributed by atoms with E-state index < -0.39 is 107 Å². The van der Waals surface area contributed by atoms with Crippen molar-refractivity contribution >= 4 is 40.4 Å². The normalized spacial score (nSPS) is 33.9. The van der Waals surface area contributed by atoms with Crippen LogP contribution in [0.2, 0.25) is 0 Å². The maximum absolute atomic E-state index is 14.4. The van der Waals surface area contributed by atoms with E-state index in [-0.39, 0.29) is 36.4 Å². The van der Waals surface area contributed by atoms with Crippen molar-refractivity contribution in [1.29, 1.82) is 0 Å². The van der Waals surface area contributed by atoms with Gasteiger partial charge in [-0.25, -0.2) is 0 Å². The van der Waals surface area contributed by atoms with E-state index >= 15 is 0 Å². The molecule has 6 rings (SSSR count). The van der Waals surface area contributed by atoms with Crippen LogP contribution >= 0.6 is 0 Å². The molecule has 11 atom stereocenters. The second kappa shape index (κ2) is 14.1. The number of rotatable bonds is 9. The highest BCUT2D eigenvalue weighted by Crippen LogP contribution is 2.53. The number of hydrogen-bond donors (Lipinski definition) is 8. The van der Waals surface area contributed by atoms with E-state index in [1.807, 2.05) is 0 Å². The van der Waals surface area contributed by atoms with Crippen LogP contribution in [-0.4, -0.2) is 142 Å². The first kappa shape index (κ1) is 38.2. The summed E-state index contributed by atoms with van der Waals surface area (Å²) in [4.78, 5) is 71.0. The summed E-state index contributed by atoms with van der Waals surface area (Å²) in [6.07, 6.45) is -7.55. The third-order valence-corrected chi connectivity index (χ3v) is 11.1. The number of phenols is 1. The Balaban J connectivity index is 1.33. The van der Waals surface area contributed by atoms with Crippen LogP contribution in [0.3, 0.4) is 0 Å². The average molecular weight is 741 g/mol. The molecule has 2 aromatic carbocycles. The number of carbonyl (C=O) groups excluding carboxylic acids is 5. The van der Waals surface area contributed by atoms with Gasteiger partial charge in [-0.05, 0) is 50.6 Å². The maximum Gasteiger partial charge on any atom is 0.235 e. The van der Waals surface area contributed by atoms with E-state index in [1.165, 1.54) is 19.0 Å². The van der Waals surface area contributed by atoms with Gasteiger partial charge in [-0.15, -0.1) is 0 Å². The van der Waals surface area contributed by atoms with Gasteiger partial charge in [-0.2, -0.15) is 0 Å². The Kier molecular flexibility index (Phi) is 10.1. The fraction of sp³-hybridized carbons (Fsp3) is 0.528. The van der Waals surface area contributed by atoms with Crippen molar-refractivity contribution in [1.82, 2.24) is 4.90 Å². The largest absolute Gasteiger partial charge is 0.505 e. The third kappa shape index (κ3) is 6.05. The number of aliphatic hydroxyl groups excluding tert-OH is 4. The molecule has 0 radical (unpaired) electrons. The first-order valence-electron chi connectivity index (χ1n) is 17.1. The Morgan fingerprint density at radius 3 is 2.34 bits per heavy atom. The Bertz CT molecular complexity index is 1850. The van der Waals surface area contributed by atoms with Crippen molar-refractivity contribution in [3.05, 3.63) is 47.0 Å². The highest BCUT2D eigenvalue weighted by molar-refractivity contribution is 6.32. The highest BCUT2D eigenvalue weighted by Gasteiger charge is 2.69. The molecule has 1 aliphatic heterocycles. The number of nitrogens with zero attached hydrogens (tertiary/aromatic N) is 2. The van der Waals surface area contributed by atoms with Crippen LogP contribution in [0.5, 0.6) is 11.5 Å². The molecule has 9 N–H and O–H groups in total. The predicted octanol–water partition coefficient (Wildman–Crippen LogP) is -2.28. The van der Waals surface area contributed by atoms with E-state index in [1.54, 1.807) is 49.3 Å². The number of nitrogens with two attached hydrogens (primary N) is 1. The van der Waals surface area contributed by atoms with Crippen molar-refractivity contribution < 1.29 is 64.1 Å². The monoisotopic (exact) mass is 740 g/mol. The first-order valence-corrected chi connectivity index (χ1v) is 17.1. The Labute approximate surface area is 303 Å². The molecule has 53 heavy (non-hydrogen) atoms. The maximum atomic E-state index is 14.4. The Hall–Kier alpha value is -4.49. The van der Waals surface area contributed by atoms with Gasteiger partial charge in [0.05, 0.1) is 29.8 Å². The van der Waals surface area contributed by atoms with Gasteiger partial charge in [0.1, 0.15) is 35.9 Å². The number of amides is 1. The number of aromatic hydroxyl groups is 1. The van der Waals surface area contributed by atoms with Crippen LogP contribution in [0.25, 0.3) is 0 Å². The second-order valence-corrected chi connectivity index (χ2v) is 14.6. The van der Waals surface area contributed by atoms with Crippen molar-refractivity contribution in [2.24, 2.45) is 29.4 Å². The number of carbonyl (C=O) groups is 5. The average Bonchev–Trinajstić information content (AvgIpc) is 3.09. The van der Waals surface area contributed by atoms with Gasteiger partial charge in [0.2, 0.25) is 12.2 Å². The summed E-state index contributed by atoms with van der Waals surface area (Å²) in [7, 11) is 6.49. The second-order valence-electron chi connectivity index (χ2n) is 14.6. The number of fused-ring (bicyclic) bond motifs is 3. The number of benzene rings is 2. The molecule has 1 amide bonds. The Morgan fingerprint density at radius 1 is 1.04 bits per heavy atom. The SMILES string of the molecule is CN(C)c1cc(NCc2ccccc2OC2OC(CO)C(O)C(O)C2O)c(O)c2c1CC1CC3C(N(C)C)C(=O)C(C(N)=O)C(=O)C3(O)C(=O)C1C2=O. The van der Waals surface area contributed by atoms with Crippen LogP contribution in [0, 0.1) is 23.7 Å². The summed E-state index contributed by atoms with van der Waals surface area (Å²) in [6.45, 7) is -0.678. The zero-order chi connectivity index (χ0) is 38.8. The molecule has 3 fully saturated rings. The number of ether oxygens (including phenoxy) is 2. The fourth-order valence-electron chi connectivity index (χ4n) is 8.43. The third-order valence-electron chi connectivity index (χ3n) is 11.1. The first-order chi connectivity index (χ1) is 24.9. The molecule has 17 nitrogen and oxygen atoms in total. The van der Waals surface area contributed by atoms with Crippen LogP contribution in [0.15, 0.2) is 30.3 Å². The van der Waals surface area contributed by atoms with Gasteiger partial charge in [0.25, 0.3) is 0 Å². The highest BCUT2D eigenvalue weighted by atomic mass is 16.7. The van der Waals surface area contributed by atoms with Crippen LogP contribution < -0.4 is 20.7 Å². The molecule has 4 aliphatic rings. The van der Waals surface area contributed by atoms with Crippen molar-refractivity contribution in [3.8, 4) is 11.5 Å². The zero-order valence-electron chi connectivity index (χ0n) is 29.5. The Morgan fingerprint density at radius 2 is 1.72 bits per heavy atom. The van der Waals surface area contributed by atoms with Gasteiger partial charge < -0.3 is 56.1 Å². The van der Waals surface area contributed by atoms with E-state index in [0.717, 1.165) is 0 Å². The lowest BCUT2D eigenvalue weighted by Gasteiger charge is -2.52. The minimum absolute atomic E-state index is 0.0314. The molecule has 17 heteroatoms. The summed E-state index contributed by atoms with van der Waals surface area (Å²) < 4.78 is 11.3. The number of para-hydroxylation sites is 1. The van der Waals surface area contributed by atoms with E-state index in [9.17, 15) is 54.6 Å². The molecule has 0 spiro atoms. The van der Waals surface area contributed by atoms with Gasteiger partial charge in [0.15, 0.2) is 34.7 Å². The molecule has 286 valence electrons. The topological polar surface area (TPSA) is 270 Å². The molecule has 2 saturated carbocycles. The number of aliphatic hydroxyl groups is 5. The van der Waals surface area contributed by atoms with Gasteiger partial charge in [-0.1, -0.05) is 18.2 Å². The number of phenolic OH excluding ortho intramolecular Hbond substituents is 1. The molecular weight excluding hydrogens is 696 g/mol. The standard InChI is InChI=1S/C36H44N4O13/c1-39(2)19-11-18(38-12-14-7-5-6-8-20(14)52-35-31(47)30(46)27(43)21(13-41)53-35)26(42)23-16(19)9-15-10-17-25(40(3)4)29(45)24(34(37)50)33(49)36(17,51)32(48)22(15)28(23)44/h5-8,11,15,17,21-22,24-25,27,30-31,35,38,41-43,46-47,51H,9-10,12-13H2,1-4H3,(H2,37,50). The van der Waals surface area contributed by atoms with Gasteiger partial charge in [-0.3, -0.25) is 28.9 Å². The van der Waals surface area contributed by atoms with Crippen molar-refractivity contribution in [2.45, 2.75) is 61.7 Å². The molecule has 1 heterocycles. The quantitative estimate of drug-likeness (QED) is 0.0994. The van der Waals surface area contributed by atoms with Gasteiger partial charge >= 0.3 is 0 Å². The zero-order valence-corrected chi connectivity index (χ0v) is 29.5. The lowest BCUT2D eigenvalue weighted by Crippen LogP contribution is -2.74. The summed E-state index contributed by atoms with van der Waals surface area (Å²) >= 11 is 0. The number of anilines is 2. The number of nitrogens with one attached hydrogen (secondary N) is 1. The van der Waals surface area contributed by atoms with Crippen molar-refractivity contribution in [2.75, 3.05) is 45.0 Å². The van der Waals surface area contributed by atoms with E-state index in [4.69, 9.17) is 15.2 Å². The number of Topliss-reactive ketones (excluding diaryl/α,β-unsaturated/α-hetero) is 4. The molecular formula is C36H44N4O13. The smallest absolute Gasteiger partial charge is 0.235 e. The van der Waals surface area contributed by atoms with Crippen LogP contribution in [0.1, 0.15) is 27.9 Å². The fourth-order valence-corrected chi connectivity index (χ4v) is 8.43. The minimum atomic E-state index is -2.85. The molecule has 0 bridgehead atoms. The summed E-state index contributed by atoms with van der Waals surface area (Å²) in [5.41, 5.74) is 3.89. The van der Waals surface area contributed by atoms with E-state index in [2.05, 4.69) is 5.32 Å². The summed E-state index contributed by atoms with van der Waals surface area (Å²) in [5, 5.41) is 67.0. The molecule has 1 saturated heterocycles. The van der Waals surface area contributed by atoms with E-state index in [0.29, 0.717) is 16.8 Å². The molecule has 0 aromatic heterocycles. The summed E-state index contributed by atoms with van der Waals surface area (Å²) in [5.74, 6) is -11.4. The lowest BCUT2D eigenvalue weighted by atomic mass is 9.52. The minimum Gasteiger partial charge on any atom is -0.505 e. The number of hydrogen-bond acceptors (Lipinski definition) is 16. The van der Waals surface area contributed by atoms with Crippen LogP contribution in [0.4, 0.5) is 11.4 Å².